The highest BCUT2D eigenvalue weighted by atomic mass is 15.3. The van der Waals surface area contributed by atoms with E-state index in [1.54, 1.807) is 18.6 Å². The predicted molar refractivity (Wildman–Crippen MR) is 106 cm³/mol. The summed E-state index contributed by atoms with van der Waals surface area (Å²) in [6.45, 7) is 9.01. The molecule has 0 radical (unpaired) electrons. The van der Waals surface area contributed by atoms with Crippen LogP contribution in [0.4, 0.5) is 5.82 Å². The number of benzene rings is 1. The molecule has 140 valence electrons. The van der Waals surface area contributed by atoms with Crippen LogP contribution in [0.1, 0.15) is 42.3 Å². The SMILES string of the molecule is CC(C)c1ccc(CN2CCn3nc(CNc4cnccn4)cc3C2)cc1. The lowest BCUT2D eigenvalue weighted by atomic mass is 10.0. The molecular formula is C21H26N6. The van der Waals surface area contributed by atoms with E-state index in [0.717, 1.165) is 37.7 Å². The molecule has 2 aromatic heterocycles. The first-order valence-electron chi connectivity index (χ1n) is 9.54. The van der Waals surface area contributed by atoms with Crippen LogP contribution in [0, 0.1) is 0 Å². The van der Waals surface area contributed by atoms with Gasteiger partial charge < -0.3 is 5.32 Å². The third kappa shape index (κ3) is 4.34. The van der Waals surface area contributed by atoms with E-state index in [2.05, 4.69) is 69.0 Å². The Hall–Kier alpha value is -2.73. The molecule has 6 heteroatoms. The fraction of sp³-hybridized carbons (Fsp3) is 0.381. The number of fused-ring (bicyclic) bond motifs is 1. The van der Waals surface area contributed by atoms with Gasteiger partial charge in [-0.3, -0.25) is 14.6 Å². The van der Waals surface area contributed by atoms with Gasteiger partial charge in [-0.05, 0) is 23.1 Å². The van der Waals surface area contributed by atoms with Gasteiger partial charge in [0.15, 0.2) is 0 Å². The van der Waals surface area contributed by atoms with Crippen molar-refractivity contribution in [3.05, 3.63) is 71.4 Å². The second-order valence-corrected chi connectivity index (χ2v) is 7.40. The van der Waals surface area contributed by atoms with Crippen LogP contribution in [0.15, 0.2) is 48.9 Å². The van der Waals surface area contributed by atoms with E-state index in [0.29, 0.717) is 12.5 Å². The Morgan fingerprint density at radius 1 is 1.11 bits per heavy atom. The van der Waals surface area contributed by atoms with Crippen molar-refractivity contribution in [2.75, 3.05) is 11.9 Å². The summed E-state index contributed by atoms with van der Waals surface area (Å²) in [6.07, 6.45) is 5.08. The van der Waals surface area contributed by atoms with Crippen LogP contribution in [-0.2, 0) is 26.2 Å². The Bertz CT molecular complexity index is 869. The van der Waals surface area contributed by atoms with E-state index in [4.69, 9.17) is 5.10 Å². The van der Waals surface area contributed by atoms with Crippen LogP contribution >= 0.6 is 0 Å². The first-order valence-corrected chi connectivity index (χ1v) is 9.54. The van der Waals surface area contributed by atoms with Crippen molar-refractivity contribution >= 4 is 5.82 Å². The summed E-state index contributed by atoms with van der Waals surface area (Å²) in [5.74, 6) is 1.35. The van der Waals surface area contributed by atoms with Gasteiger partial charge in [-0.2, -0.15) is 5.10 Å². The monoisotopic (exact) mass is 362 g/mol. The lowest BCUT2D eigenvalue weighted by Gasteiger charge is -2.27. The maximum atomic E-state index is 4.72. The molecule has 0 bridgehead atoms. The average molecular weight is 362 g/mol. The summed E-state index contributed by atoms with van der Waals surface area (Å²) in [5.41, 5.74) is 5.09. The summed E-state index contributed by atoms with van der Waals surface area (Å²) in [7, 11) is 0. The smallest absolute Gasteiger partial charge is 0.144 e. The van der Waals surface area contributed by atoms with Crippen molar-refractivity contribution in [1.29, 1.82) is 0 Å². The summed E-state index contributed by atoms with van der Waals surface area (Å²) < 4.78 is 2.13. The lowest BCUT2D eigenvalue weighted by Crippen LogP contribution is -2.33. The summed E-state index contributed by atoms with van der Waals surface area (Å²) >= 11 is 0. The molecule has 0 spiro atoms. The van der Waals surface area contributed by atoms with E-state index in [9.17, 15) is 0 Å². The van der Waals surface area contributed by atoms with Crippen molar-refractivity contribution in [1.82, 2.24) is 24.6 Å². The third-order valence-corrected chi connectivity index (χ3v) is 4.99. The molecular weight excluding hydrogens is 336 g/mol. The van der Waals surface area contributed by atoms with Crippen molar-refractivity contribution < 1.29 is 0 Å². The summed E-state index contributed by atoms with van der Waals surface area (Å²) in [4.78, 5) is 10.8. The zero-order valence-electron chi connectivity index (χ0n) is 16.0. The number of hydrogen-bond donors (Lipinski definition) is 1. The molecule has 0 saturated carbocycles. The molecule has 1 aliphatic heterocycles. The van der Waals surface area contributed by atoms with Crippen molar-refractivity contribution in [2.24, 2.45) is 0 Å². The van der Waals surface area contributed by atoms with E-state index in [-0.39, 0.29) is 0 Å². The Kier molecular flexibility index (Phi) is 5.16. The van der Waals surface area contributed by atoms with Crippen molar-refractivity contribution in [2.45, 2.75) is 45.9 Å². The molecule has 1 aromatic carbocycles. The van der Waals surface area contributed by atoms with E-state index in [1.165, 1.54) is 16.8 Å². The highest BCUT2D eigenvalue weighted by Crippen LogP contribution is 2.19. The maximum absolute atomic E-state index is 4.72. The molecule has 0 fully saturated rings. The normalized spacial score (nSPS) is 14.3. The van der Waals surface area contributed by atoms with Crippen LogP contribution in [0.2, 0.25) is 0 Å². The van der Waals surface area contributed by atoms with Crippen LogP contribution in [0.5, 0.6) is 0 Å². The predicted octanol–water partition coefficient (Wildman–Crippen LogP) is 3.42. The molecule has 4 rings (SSSR count). The van der Waals surface area contributed by atoms with Crippen LogP contribution in [0.25, 0.3) is 0 Å². The van der Waals surface area contributed by atoms with E-state index >= 15 is 0 Å². The van der Waals surface area contributed by atoms with Crippen LogP contribution in [-0.4, -0.2) is 31.2 Å². The van der Waals surface area contributed by atoms with Crippen molar-refractivity contribution in [3.63, 3.8) is 0 Å². The van der Waals surface area contributed by atoms with Gasteiger partial charge in [-0.1, -0.05) is 38.1 Å². The highest BCUT2D eigenvalue weighted by molar-refractivity contribution is 5.31. The van der Waals surface area contributed by atoms with Gasteiger partial charge in [0.25, 0.3) is 0 Å². The highest BCUT2D eigenvalue weighted by Gasteiger charge is 2.18. The largest absolute Gasteiger partial charge is 0.363 e. The number of rotatable bonds is 6. The minimum absolute atomic E-state index is 0.581. The topological polar surface area (TPSA) is 58.9 Å². The fourth-order valence-corrected chi connectivity index (χ4v) is 3.44. The number of hydrogen-bond acceptors (Lipinski definition) is 5. The van der Waals surface area contributed by atoms with Gasteiger partial charge in [-0.25, -0.2) is 4.98 Å². The molecule has 6 nitrogen and oxygen atoms in total. The minimum Gasteiger partial charge on any atom is -0.363 e. The molecule has 1 aliphatic rings. The van der Waals surface area contributed by atoms with Crippen LogP contribution in [0.3, 0.4) is 0 Å². The number of nitrogens with zero attached hydrogens (tertiary/aromatic N) is 5. The Labute approximate surface area is 160 Å². The second kappa shape index (κ2) is 7.88. The summed E-state index contributed by atoms with van der Waals surface area (Å²) in [5, 5.41) is 7.99. The van der Waals surface area contributed by atoms with Gasteiger partial charge in [-0.15, -0.1) is 0 Å². The van der Waals surface area contributed by atoms with Gasteiger partial charge >= 0.3 is 0 Å². The molecule has 0 aliphatic carbocycles. The molecule has 3 aromatic rings. The maximum Gasteiger partial charge on any atom is 0.144 e. The van der Waals surface area contributed by atoms with Gasteiger partial charge in [0.1, 0.15) is 5.82 Å². The molecule has 0 unspecified atom stereocenters. The first-order chi connectivity index (χ1) is 13.2. The van der Waals surface area contributed by atoms with Crippen LogP contribution < -0.4 is 5.32 Å². The Balaban J connectivity index is 1.36. The zero-order chi connectivity index (χ0) is 18.6. The molecule has 27 heavy (non-hydrogen) atoms. The van der Waals surface area contributed by atoms with E-state index < -0.39 is 0 Å². The molecule has 3 heterocycles. The molecule has 0 amide bonds. The second-order valence-electron chi connectivity index (χ2n) is 7.40. The van der Waals surface area contributed by atoms with Gasteiger partial charge in [0.2, 0.25) is 0 Å². The number of aromatic nitrogens is 4. The molecule has 1 N–H and O–H groups in total. The average Bonchev–Trinajstić information content (AvgIpc) is 3.10. The standard InChI is InChI=1S/C21H26N6/c1-16(2)18-5-3-17(4-6-18)14-26-9-10-27-20(15-26)11-19(25-27)12-24-21-13-22-7-8-23-21/h3-8,11,13,16H,9-10,12,14-15H2,1-2H3,(H,23,24). The minimum atomic E-state index is 0.581. The number of nitrogens with one attached hydrogen (secondary N) is 1. The summed E-state index contributed by atoms with van der Waals surface area (Å²) in [6, 6.07) is 11.2. The Morgan fingerprint density at radius 2 is 1.96 bits per heavy atom. The quantitative estimate of drug-likeness (QED) is 0.728. The van der Waals surface area contributed by atoms with E-state index in [1.807, 2.05) is 0 Å². The lowest BCUT2D eigenvalue weighted by molar-refractivity contribution is 0.205. The van der Waals surface area contributed by atoms with Gasteiger partial charge in [0, 0.05) is 32.0 Å². The first kappa shape index (κ1) is 17.7. The molecule has 0 atom stereocenters. The zero-order valence-corrected chi connectivity index (χ0v) is 16.0. The van der Waals surface area contributed by atoms with Gasteiger partial charge in [0.05, 0.1) is 30.7 Å². The third-order valence-electron chi connectivity index (χ3n) is 4.99. The van der Waals surface area contributed by atoms with Crippen molar-refractivity contribution in [3.8, 4) is 0 Å². The fourth-order valence-electron chi connectivity index (χ4n) is 3.44. The number of anilines is 1. The Morgan fingerprint density at radius 3 is 2.70 bits per heavy atom. The molecule has 0 saturated heterocycles.